The zero-order valence-corrected chi connectivity index (χ0v) is 12.7. The first-order valence-corrected chi connectivity index (χ1v) is 8.57. The Morgan fingerprint density at radius 2 is 2.11 bits per heavy atom. The predicted octanol–water partition coefficient (Wildman–Crippen LogP) is 0.225. The van der Waals surface area contributed by atoms with Crippen molar-refractivity contribution in [2.24, 2.45) is 0 Å². The third-order valence-corrected chi connectivity index (χ3v) is 6.40. The minimum absolute atomic E-state index is 0.00908. The van der Waals surface area contributed by atoms with Crippen molar-refractivity contribution >= 4 is 26.5 Å². The quantitative estimate of drug-likeness (QED) is 0.837. The van der Waals surface area contributed by atoms with Crippen molar-refractivity contribution in [2.45, 2.75) is 30.6 Å². The van der Waals surface area contributed by atoms with E-state index in [1.165, 1.54) is 4.31 Å². The molecule has 1 aromatic rings. The van der Waals surface area contributed by atoms with Gasteiger partial charge in [-0.1, -0.05) is 25.2 Å². The smallest absolute Gasteiger partial charge is 0.272 e. The molecule has 1 saturated heterocycles. The molecule has 1 aliphatic heterocycles. The number of hydrogen-bond donors (Lipinski definition) is 1. The van der Waals surface area contributed by atoms with Crippen LogP contribution in [-0.2, 0) is 10.0 Å². The summed E-state index contributed by atoms with van der Waals surface area (Å²) in [6.45, 7) is 7.09. The van der Waals surface area contributed by atoms with Gasteiger partial charge in [0.25, 0.3) is 10.0 Å². The Balaban J connectivity index is 2.12. The topological polar surface area (TPSA) is 92.4 Å². The fourth-order valence-electron chi connectivity index (χ4n) is 2.40. The molecule has 19 heavy (non-hydrogen) atoms. The van der Waals surface area contributed by atoms with Crippen molar-refractivity contribution < 1.29 is 8.42 Å². The van der Waals surface area contributed by atoms with Crippen LogP contribution < -0.4 is 5.73 Å². The van der Waals surface area contributed by atoms with Gasteiger partial charge in [-0.25, -0.2) is 8.42 Å². The van der Waals surface area contributed by atoms with Crippen molar-refractivity contribution in [1.82, 2.24) is 19.4 Å². The van der Waals surface area contributed by atoms with E-state index in [2.05, 4.69) is 28.9 Å². The van der Waals surface area contributed by atoms with E-state index in [9.17, 15) is 8.42 Å². The summed E-state index contributed by atoms with van der Waals surface area (Å²) in [5.41, 5.74) is 5.45. The van der Waals surface area contributed by atoms with Crippen molar-refractivity contribution in [1.29, 1.82) is 0 Å². The summed E-state index contributed by atoms with van der Waals surface area (Å²) in [6.07, 6.45) is 0.856. The molecule has 9 heteroatoms. The number of aromatic nitrogens is 2. The van der Waals surface area contributed by atoms with Crippen LogP contribution in [0.1, 0.15) is 20.3 Å². The number of hydrogen-bond acceptors (Lipinski definition) is 7. The normalized spacial score (nSPS) is 21.3. The highest BCUT2D eigenvalue weighted by Crippen LogP contribution is 2.26. The van der Waals surface area contributed by atoms with Gasteiger partial charge in [0.1, 0.15) is 0 Å². The number of nitrogens with two attached hydrogens (primary N) is 1. The summed E-state index contributed by atoms with van der Waals surface area (Å²) in [6, 6.07) is 0.287. The van der Waals surface area contributed by atoms with Gasteiger partial charge in [0.05, 0.1) is 0 Å². The monoisotopic (exact) mass is 305 g/mol. The van der Waals surface area contributed by atoms with Crippen LogP contribution in [0.4, 0.5) is 5.13 Å². The Morgan fingerprint density at radius 1 is 1.42 bits per heavy atom. The number of nitrogens with zero attached hydrogens (tertiary/aromatic N) is 4. The molecule has 1 unspecified atom stereocenters. The molecule has 0 aromatic carbocycles. The highest BCUT2D eigenvalue weighted by atomic mass is 32.2. The first-order valence-electron chi connectivity index (χ1n) is 6.32. The molecule has 2 heterocycles. The zero-order chi connectivity index (χ0) is 14.0. The fraction of sp³-hybridized carbons (Fsp3) is 0.800. The molecule has 1 aromatic heterocycles. The molecule has 1 aliphatic rings. The van der Waals surface area contributed by atoms with E-state index < -0.39 is 10.0 Å². The van der Waals surface area contributed by atoms with Gasteiger partial charge in [-0.15, -0.1) is 10.2 Å². The largest absolute Gasteiger partial charge is 0.374 e. The Kier molecular flexibility index (Phi) is 4.39. The van der Waals surface area contributed by atoms with Crippen LogP contribution in [0.3, 0.4) is 0 Å². The van der Waals surface area contributed by atoms with Gasteiger partial charge < -0.3 is 5.73 Å². The lowest BCUT2D eigenvalue weighted by Gasteiger charge is -2.25. The van der Waals surface area contributed by atoms with Gasteiger partial charge in [0.2, 0.25) is 9.47 Å². The van der Waals surface area contributed by atoms with Gasteiger partial charge in [-0.05, 0) is 19.5 Å². The molecule has 7 nitrogen and oxygen atoms in total. The van der Waals surface area contributed by atoms with Gasteiger partial charge in [-0.3, -0.25) is 4.90 Å². The molecule has 108 valence electrons. The van der Waals surface area contributed by atoms with E-state index in [0.717, 1.165) is 30.8 Å². The van der Waals surface area contributed by atoms with Crippen LogP contribution in [0.25, 0.3) is 0 Å². The van der Waals surface area contributed by atoms with Gasteiger partial charge in [-0.2, -0.15) is 4.31 Å². The van der Waals surface area contributed by atoms with Crippen LogP contribution in [0, 0.1) is 0 Å². The Hall–Kier alpha value is -0.770. The van der Waals surface area contributed by atoms with E-state index in [0.29, 0.717) is 13.1 Å². The number of anilines is 1. The molecule has 1 atom stereocenters. The van der Waals surface area contributed by atoms with Gasteiger partial charge in [0.15, 0.2) is 0 Å². The number of nitrogen functional groups attached to an aromatic ring is 1. The predicted molar refractivity (Wildman–Crippen MR) is 74.4 cm³/mol. The molecule has 0 saturated carbocycles. The zero-order valence-electron chi connectivity index (χ0n) is 11.1. The molecule has 1 fully saturated rings. The Morgan fingerprint density at radius 3 is 2.63 bits per heavy atom. The van der Waals surface area contributed by atoms with E-state index in [4.69, 9.17) is 5.73 Å². The summed E-state index contributed by atoms with van der Waals surface area (Å²) in [5, 5.41) is 7.39. The van der Waals surface area contributed by atoms with Crippen molar-refractivity contribution in [3.05, 3.63) is 0 Å². The lowest BCUT2D eigenvalue weighted by molar-refractivity contribution is 0.224. The van der Waals surface area contributed by atoms with E-state index in [-0.39, 0.29) is 15.5 Å². The summed E-state index contributed by atoms with van der Waals surface area (Å²) >= 11 is 0.915. The average Bonchev–Trinajstić information content (AvgIpc) is 3.00. The summed E-state index contributed by atoms with van der Waals surface area (Å²) in [4.78, 5) is 2.28. The van der Waals surface area contributed by atoms with Crippen molar-refractivity contribution in [3.8, 4) is 0 Å². The third-order valence-electron chi connectivity index (χ3n) is 3.44. The molecule has 0 radical (unpaired) electrons. The average molecular weight is 305 g/mol. The second kappa shape index (κ2) is 5.70. The maximum Gasteiger partial charge on any atom is 0.272 e. The van der Waals surface area contributed by atoms with Gasteiger partial charge in [0, 0.05) is 19.1 Å². The first-order chi connectivity index (χ1) is 8.98. The third kappa shape index (κ3) is 2.88. The standard InChI is InChI=1S/C10H19N5O2S2/c1-3-14(4-2)8-5-6-15(7-8)19(16,17)10-13-12-9(11)18-10/h8H,3-7H2,1-2H3,(H2,11,12). The maximum atomic E-state index is 12.4. The molecule has 2 N–H and O–H groups in total. The van der Waals surface area contributed by atoms with Crippen molar-refractivity contribution in [2.75, 3.05) is 31.9 Å². The molecular weight excluding hydrogens is 286 g/mol. The minimum atomic E-state index is -3.53. The van der Waals surface area contributed by atoms with Crippen LogP contribution in [0.2, 0.25) is 0 Å². The maximum absolute atomic E-state index is 12.4. The molecule has 0 amide bonds. The molecule has 0 bridgehead atoms. The highest BCUT2D eigenvalue weighted by molar-refractivity contribution is 7.91. The highest BCUT2D eigenvalue weighted by Gasteiger charge is 2.36. The first kappa shape index (κ1) is 14.6. The van der Waals surface area contributed by atoms with Crippen LogP contribution in [0.5, 0.6) is 0 Å². The summed E-state index contributed by atoms with van der Waals surface area (Å²) < 4.78 is 26.2. The van der Waals surface area contributed by atoms with Gasteiger partial charge >= 0.3 is 0 Å². The molecule has 2 rings (SSSR count). The molecule has 0 spiro atoms. The number of likely N-dealkylation sites (N-methyl/N-ethyl adjacent to an activating group) is 1. The lowest BCUT2D eigenvalue weighted by Crippen LogP contribution is -2.38. The van der Waals surface area contributed by atoms with E-state index >= 15 is 0 Å². The Labute approximate surface area is 117 Å². The second-order valence-corrected chi connectivity index (χ2v) is 7.55. The molecule has 0 aliphatic carbocycles. The summed E-state index contributed by atoms with van der Waals surface area (Å²) in [7, 11) is -3.53. The SMILES string of the molecule is CCN(CC)C1CCN(S(=O)(=O)c2nnc(N)s2)C1. The van der Waals surface area contributed by atoms with E-state index in [1.54, 1.807) is 0 Å². The number of sulfonamides is 1. The number of rotatable bonds is 5. The fourth-order valence-corrected chi connectivity index (χ4v) is 4.82. The van der Waals surface area contributed by atoms with Crippen LogP contribution >= 0.6 is 11.3 Å². The van der Waals surface area contributed by atoms with E-state index in [1.807, 2.05) is 0 Å². The van der Waals surface area contributed by atoms with Crippen LogP contribution in [0.15, 0.2) is 4.34 Å². The minimum Gasteiger partial charge on any atom is -0.374 e. The summed E-state index contributed by atoms with van der Waals surface area (Å²) in [5.74, 6) is 0. The second-order valence-electron chi connectivity index (χ2n) is 4.43. The molecular formula is C10H19N5O2S2. The van der Waals surface area contributed by atoms with Crippen molar-refractivity contribution in [3.63, 3.8) is 0 Å². The van der Waals surface area contributed by atoms with Crippen LogP contribution in [-0.4, -0.2) is 60.0 Å². The lowest BCUT2D eigenvalue weighted by atomic mass is 10.2. The Bertz CT molecular complexity index is 526.